The molecule has 5 aliphatic carbocycles. The average Bonchev–Trinajstić information content (AvgIpc) is 2.87. The lowest BCUT2D eigenvalue weighted by Crippen LogP contribution is -2.57. The van der Waals surface area contributed by atoms with Crippen LogP contribution >= 0.6 is 0 Å². The van der Waals surface area contributed by atoms with Crippen LogP contribution in [0.4, 0.5) is 0 Å². The first-order chi connectivity index (χ1) is 14.9. The van der Waals surface area contributed by atoms with Crippen molar-refractivity contribution >= 4 is 5.97 Å². The number of hydrogen-bond acceptors (Lipinski definition) is 1. The summed E-state index contributed by atoms with van der Waals surface area (Å²) in [5.74, 6) is 4.70. The maximum absolute atomic E-state index is 13.3. The van der Waals surface area contributed by atoms with Crippen molar-refractivity contribution in [2.75, 3.05) is 0 Å². The Bertz CT molecular complexity index is 808. The molecule has 5 fully saturated rings. The van der Waals surface area contributed by atoms with E-state index in [9.17, 15) is 9.90 Å². The maximum atomic E-state index is 13.3. The van der Waals surface area contributed by atoms with E-state index in [2.05, 4.69) is 48.1 Å². The Labute approximate surface area is 197 Å². The summed E-state index contributed by atoms with van der Waals surface area (Å²) >= 11 is 0. The van der Waals surface area contributed by atoms with Gasteiger partial charge in [0.1, 0.15) is 0 Å². The van der Waals surface area contributed by atoms with Gasteiger partial charge in [-0.2, -0.15) is 0 Å². The van der Waals surface area contributed by atoms with Crippen LogP contribution in [0.3, 0.4) is 0 Å². The van der Waals surface area contributed by atoms with Crippen LogP contribution in [0.5, 0.6) is 0 Å². The molecular weight excluding hydrogens is 392 g/mol. The van der Waals surface area contributed by atoms with Crippen molar-refractivity contribution in [2.45, 2.75) is 106 Å². The molecule has 0 radical (unpaired) electrons. The molecule has 0 aliphatic heterocycles. The van der Waals surface area contributed by atoms with Crippen LogP contribution in [0.15, 0.2) is 12.2 Å². The van der Waals surface area contributed by atoms with Crippen molar-refractivity contribution < 1.29 is 9.90 Å². The van der Waals surface area contributed by atoms with Crippen LogP contribution in [0.1, 0.15) is 106 Å². The van der Waals surface area contributed by atoms with Gasteiger partial charge in [0.15, 0.2) is 0 Å². The highest BCUT2D eigenvalue weighted by atomic mass is 16.4. The minimum Gasteiger partial charge on any atom is -0.481 e. The van der Waals surface area contributed by atoms with Gasteiger partial charge in [0.25, 0.3) is 0 Å². The minimum atomic E-state index is -0.639. The molecule has 9 unspecified atom stereocenters. The lowest BCUT2D eigenvalue weighted by molar-refractivity contribution is -0.178. The Morgan fingerprint density at radius 2 is 1.31 bits per heavy atom. The first-order valence-corrected chi connectivity index (χ1v) is 13.8. The third kappa shape index (κ3) is 2.46. The maximum Gasteiger partial charge on any atom is 0.310 e. The van der Waals surface area contributed by atoms with Crippen LogP contribution in [-0.2, 0) is 4.79 Å². The predicted molar refractivity (Wildman–Crippen MR) is 131 cm³/mol. The van der Waals surface area contributed by atoms with Crippen LogP contribution in [0.2, 0.25) is 0 Å². The highest BCUT2D eigenvalue weighted by Crippen LogP contribution is 2.81. The van der Waals surface area contributed by atoms with E-state index < -0.39 is 11.4 Å². The zero-order valence-corrected chi connectivity index (χ0v) is 21.7. The number of aliphatic carboxylic acids is 1. The van der Waals surface area contributed by atoms with Crippen LogP contribution in [0.25, 0.3) is 0 Å². The largest absolute Gasteiger partial charge is 0.481 e. The minimum absolute atomic E-state index is 0.109. The molecular formula is C30H48O2. The molecule has 5 aliphatic rings. The van der Waals surface area contributed by atoms with E-state index in [0.29, 0.717) is 5.92 Å². The van der Waals surface area contributed by atoms with E-state index >= 15 is 0 Å². The molecule has 2 heteroatoms. The molecule has 5 saturated carbocycles. The zero-order chi connectivity index (χ0) is 23.3. The summed E-state index contributed by atoms with van der Waals surface area (Å²) in [6.07, 6.45) is 13.3. The van der Waals surface area contributed by atoms with Crippen molar-refractivity contribution in [2.24, 2.45) is 63.1 Å². The molecule has 0 amide bonds. The monoisotopic (exact) mass is 440 g/mol. The number of rotatable bonds is 2. The van der Waals surface area contributed by atoms with Crippen LogP contribution in [-0.4, -0.2) is 11.1 Å². The number of carboxylic acids is 1. The van der Waals surface area contributed by atoms with Gasteiger partial charge in [0.05, 0.1) is 5.41 Å². The molecule has 0 aromatic carbocycles. The average molecular weight is 441 g/mol. The molecule has 9 atom stereocenters. The summed E-state index contributed by atoms with van der Waals surface area (Å²) in [5.41, 5.74) is 0.0460. The molecule has 180 valence electrons. The molecule has 1 N–H and O–H groups in total. The van der Waals surface area contributed by atoms with E-state index in [0.717, 1.165) is 42.4 Å². The van der Waals surface area contributed by atoms with Crippen molar-refractivity contribution in [1.82, 2.24) is 0 Å². The van der Waals surface area contributed by atoms with Gasteiger partial charge in [0, 0.05) is 0 Å². The molecule has 0 saturated heterocycles. The predicted octanol–water partition coefficient (Wildman–Crippen LogP) is 7.97. The molecule has 0 bridgehead atoms. The van der Waals surface area contributed by atoms with Gasteiger partial charge in [-0.25, -0.2) is 0 Å². The van der Waals surface area contributed by atoms with Gasteiger partial charge in [0.2, 0.25) is 0 Å². The van der Waals surface area contributed by atoms with Gasteiger partial charge in [-0.15, -0.1) is 0 Å². The summed E-state index contributed by atoms with van der Waals surface area (Å²) < 4.78 is 0. The standard InChI is InChI=1S/C30H48O2/c1-18(2)29(7)25-24-15-14-21-20-11-9-8-10-19(20)12-13-22(21)23(24)16-17-30(25,26(31)32)28(5,6)27(29,3)4/h19-25H,1,8-17H2,2-7H3,(H,31,32). The van der Waals surface area contributed by atoms with Crippen LogP contribution < -0.4 is 0 Å². The summed E-state index contributed by atoms with van der Waals surface area (Å²) in [4.78, 5) is 13.3. The third-order valence-corrected chi connectivity index (χ3v) is 13.6. The normalized spacial score (nSPS) is 51.0. The van der Waals surface area contributed by atoms with E-state index in [1.54, 1.807) is 0 Å². The lowest BCUT2D eigenvalue weighted by Gasteiger charge is -2.60. The number of allylic oxidation sites excluding steroid dienone is 1. The fraction of sp³-hybridized carbons (Fsp3) is 0.900. The smallest absolute Gasteiger partial charge is 0.310 e. The highest BCUT2D eigenvalue weighted by molar-refractivity contribution is 5.78. The molecule has 0 aromatic heterocycles. The fourth-order valence-corrected chi connectivity index (χ4v) is 11.3. The summed E-state index contributed by atoms with van der Waals surface area (Å²) in [6.45, 7) is 18.4. The van der Waals surface area contributed by atoms with Gasteiger partial charge >= 0.3 is 5.97 Å². The molecule has 0 spiro atoms. The van der Waals surface area contributed by atoms with Gasteiger partial charge in [-0.3, -0.25) is 4.79 Å². The van der Waals surface area contributed by atoms with E-state index in [-0.39, 0.29) is 22.2 Å². The van der Waals surface area contributed by atoms with Crippen molar-refractivity contribution in [3.05, 3.63) is 12.2 Å². The SMILES string of the molecule is C=C(C)C1(C)C2C3CCC4C5CCCCC5CCC4C3CCC2(C(=O)O)C(C)(C)C1(C)C. The topological polar surface area (TPSA) is 37.3 Å². The zero-order valence-electron chi connectivity index (χ0n) is 21.7. The first kappa shape index (κ1) is 23.0. The van der Waals surface area contributed by atoms with Crippen molar-refractivity contribution in [3.63, 3.8) is 0 Å². The Balaban J connectivity index is 1.59. The number of carbonyl (C=O) groups is 1. The number of hydrogen-bond donors (Lipinski definition) is 1. The third-order valence-electron chi connectivity index (χ3n) is 13.6. The Hall–Kier alpha value is -0.790. The Kier molecular flexibility index (Phi) is 5.10. The second-order valence-electron chi connectivity index (χ2n) is 14.0. The van der Waals surface area contributed by atoms with E-state index in [1.165, 1.54) is 56.9 Å². The quantitative estimate of drug-likeness (QED) is 0.442. The number of fused-ring (bicyclic) bond motifs is 7. The second kappa shape index (κ2) is 7.11. The summed E-state index contributed by atoms with van der Waals surface area (Å²) in [6, 6.07) is 0. The number of carboxylic acid groups (broad SMARTS) is 1. The van der Waals surface area contributed by atoms with E-state index in [4.69, 9.17) is 0 Å². The molecule has 32 heavy (non-hydrogen) atoms. The Morgan fingerprint density at radius 3 is 1.97 bits per heavy atom. The molecule has 0 aromatic rings. The second-order valence-corrected chi connectivity index (χ2v) is 14.0. The van der Waals surface area contributed by atoms with Crippen molar-refractivity contribution in [3.8, 4) is 0 Å². The first-order valence-electron chi connectivity index (χ1n) is 13.8. The lowest BCUT2D eigenvalue weighted by atomic mass is 9.43. The molecule has 0 heterocycles. The van der Waals surface area contributed by atoms with Crippen molar-refractivity contribution in [1.29, 1.82) is 0 Å². The summed E-state index contributed by atoms with van der Waals surface area (Å²) in [7, 11) is 0. The highest BCUT2D eigenvalue weighted by Gasteiger charge is 2.79. The van der Waals surface area contributed by atoms with Gasteiger partial charge in [-0.1, -0.05) is 66.0 Å². The molecule has 2 nitrogen and oxygen atoms in total. The van der Waals surface area contributed by atoms with Gasteiger partial charge in [-0.05, 0) is 110 Å². The summed E-state index contributed by atoms with van der Waals surface area (Å²) in [5, 5.41) is 10.9. The van der Waals surface area contributed by atoms with Gasteiger partial charge < -0.3 is 5.11 Å². The van der Waals surface area contributed by atoms with Crippen LogP contribution in [0, 0.1) is 63.1 Å². The Morgan fingerprint density at radius 1 is 0.750 bits per heavy atom. The molecule has 5 rings (SSSR count). The van der Waals surface area contributed by atoms with E-state index in [1.807, 2.05) is 0 Å². The fourth-order valence-electron chi connectivity index (χ4n) is 11.3.